The highest BCUT2D eigenvalue weighted by Gasteiger charge is 2.31. The van der Waals surface area contributed by atoms with Gasteiger partial charge in [-0.25, -0.2) is 9.59 Å². The highest BCUT2D eigenvalue weighted by molar-refractivity contribution is 5.78. The quantitative estimate of drug-likeness (QED) is 0.507. The van der Waals surface area contributed by atoms with Crippen molar-refractivity contribution >= 4 is 12.1 Å². The Kier molecular flexibility index (Phi) is 8.01. The summed E-state index contributed by atoms with van der Waals surface area (Å²) in [7, 11) is 1.35. The van der Waals surface area contributed by atoms with Gasteiger partial charge >= 0.3 is 12.1 Å². The number of benzene rings is 2. The molecule has 6 heteroatoms. The average molecular weight is 454 g/mol. The van der Waals surface area contributed by atoms with Crippen molar-refractivity contribution in [1.29, 1.82) is 0 Å². The Bertz CT molecular complexity index is 951. The van der Waals surface area contributed by atoms with Crippen molar-refractivity contribution in [2.75, 3.05) is 20.2 Å². The molecule has 178 valence electrons. The minimum atomic E-state index is -1.08. The summed E-state index contributed by atoms with van der Waals surface area (Å²) in [5.41, 5.74) is 2.25. The Morgan fingerprint density at radius 2 is 1.85 bits per heavy atom. The molecule has 1 fully saturated rings. The largest absolute Gasteiger partial charge is 0.476 e. The second-order valence-electron chi connectivity index (χ2n) is 9.41. The molecule has 0 aromatic heterocycles. The van der Waals surface area contributed by atoms with Crippen molar-refractivity contribution in [3.8, 4) is 5.75 Å². The van der Waals surface area contributed by atoms with E-state index in [0.29, 0.717) is 24.8 Å². The molecule has 1 aliphatic rings. The van der Waals surface area contributed by atoms with Crippen molar-refractivity contribution in [2.45, 2.75) is 64.6 Å². The maximum atomic E-state index is 12.7. The zero-order valence-electron chi connectivity index (χ0n) is 20.3. The van der Waals surface area contributed by atoms with Gasteiger partial charge in [-0.3, -0.25) is 0 Å². The third-order valence-corrected chi connectivity index (χ3v) is 6.07. The molecule has 1 saturated heterocycles. The summed E-state index contributed by atoms with van der Waals surface area (Å²) in [5, 5.41) is 0. The van der Waals surface area contributed by atoms with Crippen LogP contribution >= 0.6 is 0 Å². The van der Waals surface area contributed by atoms with Crippen LogP contribution in [0.15, 0.2) is 48.5 Å². The number of methoxy groups -OCH3 is 1. The van der Waals surface area contributed by atoms with Crippen LogP contribution in [0.4, 0.5) is 4.79 Å². The molecule has 33 heavy (non-hydrogen) atoms. The number of nitrogens with zero attached hydrogens (tertiary/aromatic N) is 1. The minimum Gasteiger partial charge on any atom is -0.476 e. The molecule has 1 unspecified atom stereocenters. The number of esters is 1. The fraction of sp³-hybridized carbons (Fsp3) is 0.481. The van der Waals surface area contributed by atoms with E-state index in [-0.39, 0.29) is 18.6 Å². The zero-order valence-corrected chi connectivity index (χ0v) is 20.3. The maximum absolute atomic E-state index is 12.7. The van der Waals surface area contributed by atoms with Gasteiger partial charge in [0, 0.05) is 19.0 Å². The van der Waals surface area contributed by atoms with E-state index in [9.17, 15) is 9.59 Å². The van der Waals surface area contributed by atoms with Gasteiger partial charge in [0.05, 0.1) is 7.11 Å². The predicted molar refractivity (Wildman–Crippen MR) is 127 cm³/mol. The molecule has 0 aliphatic carbocycles. The number of hydrogen-bond acceptors (Lipinski definition) is 5. The number of amides is 1. The molecule has 6 nitrogen and oxygen atoms in total. The molecule has 0 bridgehead atoms. The molecule has 3 rings (SSSR count). The Hall–Kier alpha value is -3.02. The number of carbonyl (C=O) groups is 2. The van der Waals surface area contributed by atoms with E-state index in [1.54, 1.807) is 18.7 Å². The summed E-state index contributed by atoms with van der Waals surface area (Å²) in [6.45, 7) is 9.22. The molecule has 1 atom stereocenters. The average Bonchev–Trinajstić information content (AvgIpc) is 2.82. The first-order valence-corrected chi connectivity index (χ1v) is 11.6. The number of rotatable bonds is 7. The van der Waals surface area contributed by atoms with Crippen LogP contribution in [0, 0.1) is 0 Å². The second-order valence-corrected chi connectivity index (χ2v) is 9.41. The lowest BCUT2D eigenvalue weighted by atomic mass is 9.90. The van der Waals surface area contributed by atoms with Gasteiger partial charge < -0.3 is 19.1 Å². The summed E-state index contributed by atoms with van der Waals surface area (Å²) >= 11 is 0. The van der Waals surface area contributed by atoms with Gasteiger partial charge in [0.2, 0.25) is 0 Å². The summed E-state index contributed by atoms with van der Waals surface area (Å²) in [4.78, 5) is 26.4. The normalized spacial score (nSPS) is 16.4. The van der Waals surface area contributed by atoms with Crippen LogP contribution in [-0.2, 0) is 20.9 Å². The second kappa shape index (κ2) is 10.7. The highest BCUT2D eigenvalue weighted by Crippen LogP contribution is 2.31. The highest BCUT2D eigenvalue weighted by atomic mass is 16.6. The van der Waals surface area contributed by atoms with E-state index in [2.05, 4.69) is 26.0 Å². The van der Waals surface area contributed by atoms with Crippen molar-refractivity contribution in [3.05, 3.63) is 65.2 Å². The van der Waals surface area contributed by atoms with E-state index in [1.165, 1.54) is 12.7 Å². The number of carbonyl (C=O) groups excluding carboxylic acids is 2. The lowest BCUT2D eigenvalue weighted by Gasteiger charge is -2.32. The van der Waals surface area contributed by atoms with Gasteiger partial charge in [0.25, 0.3) is 0 Å². The van der Waals surface area contributed by atoms with E-state index in [0.717, 1.165) is 24.0 Å². The van der Waals surface area contributed by atoms with E-state index < -0.39 is 11.6 Å². The van der Waals surface area contributed by atoms with Gasteiger partial charge in [-0.1, -0.05) is 50.2 Å². The topological polar surface area (TPSA) is 65.1 Å². The minimum absolute atomic E-state index is 0.182. The van der Waals surface area contributed by atoms with Gasteiger partial charge in [0.15, 0.2) is 5.60 Å². The van der Waals surface area contributed by atoms with Crippen molar-refractivity contribution in [1.82, 2.24) is 4.90 Å². The molecule has 0 spiro atoms. The van der Waals surface area contributed by atoms with Crippen LogP contribution < -0.4 is 4.74 Å². The van der Waals surface area contributed by atoms with Gasteiger partial charge in [-0.2, -0.15) is 0 Å². The molecule has 2 aromatic carbocycles. The predicted octanol–water partition coefficient (Wildman–Crippen LogP) is 5.66. The van der Waals surface area contributed by atoms with Crippen LogP contribution in [0.1, 0.15) is 69.1 Å². The SMILES string of the molecule is COC(=O)C(C)(C)Oc1cccc(C2CCCN(C(=O)OCc3ccc(C(C)C)cc3)C2)c1. The Morgan fingerprint density at radius 1 is 1.12 bits per heavy atom. The number of piperidine rings is 1. The van der Waals surface area contributed by atoms with Crippen LogP contribution in [0.3, 0.4) is 0 Å². The summed E-state index contributed by atoms with van der Waals surface area (Å²) in [6.07, 6.45) is 1.60. The van der Waals surface area contributed by atoms with Gasteiger partial charge in [-0.05, 0) is 61.4 Å². The molecule has 0 radical (unpaired) electrons. The molecule has 1 amide bonds. The van der Waals surface area contributed by atoms with Crippen molar-refractivity contribution in [2.24, 2.45) is 0 Å². The van der Waals surface area contributed by atoms with E-state index in [4.69, 9.17) is 14.2 Å². The molecule has 2 aromatic rings. The fourth-order valence-electron chi connectivity index (χ4n) is 4.06. The number of hydrogen-bond donors (Lipinski definition) is 0. The molecule has 1 aliphatic heterocycles. The smallest absolute Gasteiger partial charge is 0.410 e. The first-order valence-electron chi connectivity index (χ1n) is 11.6. The molecule has 0 N–H and O–H groups in total. The van der Waals surface area contributed by atoms with Crippen LogP contribution in [0.25, 0.3) is 0 Å². The van der Waals surface area contributed by atoms with Crippen LogP contribution in [0.2, 0.25) is 0 Å². The lowest BCUT2D eigenvalue weighted by molar-refractivity contribution is -0.156. The summed E-state index contributed by atoms with van der Waals surface area (Å²) < 4.78 is 16.3. The van der Waals surface area contributed by atoms with E-state index >= 15 is 0 Å². The van der Waals surface area contributed by atoms with Crippen LogP contribution in [-0.4, -0.2) is 42.8 Å². The first kappa shape index (κ1) is 24.6. The monoisotopic (exact) mass is 453 g/mol. The van der Waals surface area contributed by atoms with Gasteiger partial charge in [-0.15, -0.1) is 0 Å². The summed E-state index contributed by atoms with van der Waals surface area (Å²) in [6, 6.07) is 15.9. The molecule has 1 heterocycles. The molecule has 0 saturated carbocycles. The Labute approximate surface area is 196 Å². The molecular formula is C27H35NO5. The van der Waals surface area contributed by atoms with Crippen molar-refractivity contribution < 1.29 is 23.8 Å². The van der Waals surface area contributed by atoms with Crippen LogP contribution in [0.5, 0.6) is 5.75 Å². The van der Waals surface area contributed by atoms with Gasteiger partial charge in [0.1, 0.15) is 12.4 Å². The van der Waals surface area contributed by atoms with Crippen molar-refractivity contribution in [3.63, 3.8) is 0 Å². The lowest BCUT2D eigenvalue weighted by Crippen LogP contribution is -2.40. The van der Waals surface area contributed by atoms with E-state index in [1.807, 2.05) is 36.4 Å². The zero-order chi connectivity index (χ0) is 24.0. The fourth-order valence-corrected chi connectivity index (χ4v) is 4.06. The Balaban J connectivity index is 1.59. The molecular weight excluding hydrogens is 418 g/mol. The standard InChI is InChI=1S/C27H35NO5/c1-19(2)21-13-11-20(12-14-21)18-32-26(30)28-15-7-9-23(17-28)22-8-6-10-24(16-22)33-27(3,4)25(29)31-5/h6,8,10-14,16,19,23H,7,9,15,17-18H2,1-5H3. The third kappa shape index (κ3) is 6.50. The number of ether oxygens (including phenoxy) is 3. The third-order valence-electron chi connectivity index (χ3n) is 6.07. The Morgan fingerprint density at radius 3 is 2.52 bits per heavy atom. The number of likely N-dealkylation sites (tertiary alicyclic amines) is 1. The maximum Gasteiger partial charge on any atom is 0.410 e. The first-order chi connectivity index (χ1) is 15.7. The summed E-state index contributed by atoms with van der Waals surface area (Å²) in [5.74, 6) is 0.828.